The molecule has 2 aromatic rings. The Balaban J connectivity index is 2.00. The van der Waals surface area contributed by atoms with Crippen molar-refractivity contribution >= 4 is 21.4 Å². The maximum absolute atomic E-state index is 12.7. The van der Waals surface area contributed by atoms with Gasteiger partial charge in [0.2, 0.25) is 10.0 Å². The molecule has 2 heterocycles. The molecule has 0 saturated carbocycles. The summed E-state index contributed by atoms with van der Waals surface area (Å²) in [6.07, 6.45) is 0.737. The lowest BCUT2D eigenvalue weighted by Crippen LogP contribution is -2.35. The fraction of sp³-hybridized carbons (Fsp3) is 0.214. The number of hydrogen-bond donors (Lipinski definition) is 0. The minimum Gasteiger partial charge on any atom is -0.207 e. The first-order valence-electron chi connectivity index (χ1n) is 6.17. The third-order valence-electron chi connectivity index (χ3n) is 3.40. The van der Waals surface area contributed by atoms with Gasteiger partial charge in [-0.25, -0.2) is 8.42 Å². The smallest absolute Gasteiger partial charge is 0.207 e. The molecule has 3 rings (SSSR count). The minimum atomic E-state index is -3.61. The summed E-state index contributed by atoms with van der Waals surface area (Å²) in [6.45, 7) is 0.858. The molecule has 0 amide bonds. The lowest BCUT2D eigenvalue weighted by Gasteiger charge is -2.26. The SMILES string of the molecule is N#Cc1ccccc1S(=O)(=O)N1CCc2sccc2C1. The molecule has 4 nitrogen and oxygen atoms in total. The summed E-state index contributed by atoms with van der Waals surface area (Å²) in [5.74, 6) is 0. The van der Waals surface area contributed by atoms with Gasteiger partial charge >= 0.3 is 0 Å². The molecule has 0 atom stereocenters. The summed E-state index contributed by atoms with van der Waals surface area (Å²) >= 11 is 1.67. The number of fused-ring (bicyclic) bond motifs is 1. The zero-order valence-electron chi connectivity index (χ0n) is 10.6. The molecular formula is C14H12N2O2S2. The number of hydrogen-bond acceptors (Lipinski definition) is 4. The summed E-state index contributed by atoms with van der Waals surface area (Å²) < 4.78 is 26.8. The van der Waals surface area contributed by atoms with E-state index >= 15 is 0 Å². The standard InChI is InChI=1S/C14H12N2O2S2/c15-9-11-3-1-2-4-14(11)20(17,18)16-7-5-13-12(10-16)6-8-19-13/h1-4,6,8H,5,7,10H2. The molecule has 1 aromatic heterocycles. The van der Waals surface area contributed by atoms with Crippen LogP contribution in [-0.2, 0) is 23.0 Å². The van der Waals surface area contributed by atoms with Crippen molar-refractivity contribution in [2.45, 2.75) is 17.9 Å². The Bertz CT molecular complexity index is 788. The number of rotatable bonds is 2. The average Bonchev–Trinajstić information content (AvgIpc) is 2.94. The van der Waals surface area contributed by atoms with Crippen LogP contribution in [0.1, 0.15) is 16.0 Å². The predicted octanol–water partition coefficient (Wildman–Crippen LogP) is 2.37. The number of sulfonamides is 1. The molecule has 0 spiro atoms. The molecule has 0 aliphatic carbocycles. The van der Waals surface area contributed by atoms with Crippen LogP contribution in [0.25, 0.3) is 0 Å². The molecule has 0 unspecified atom stereocenters. The Morgan fingerprint density at radius 3 is 2.85 bits per heavy atom. The van der Waals surface area contributed by atoms with Crippen molar-refractivity contribution in [3.8, 4) is 6.07 Å². The van der Waals surface area contributed by atoms with Crippen LogP contribution < -0.4 is 0 Å². The monoisotopic (exact) mass is 304 g/mol. The highest BCUT2D eigenvalue weighted by atomic mass is 32.2. The first-order chi connectivity index (χ1) is 9.63. The van der Waals surface area contributed by atoms with Gasteiger partial charge in [-0.15, -0.1) is 11.3 Å². The molecule has 0 radical (unpaired) electrons. The van der Waals surface area contributed by atoms with Gasteiger partial charge in [-0.1, -0.05) is 12.1 Å². The van der Waals surface area contributed by atoms with E-state index in [4.69, 9.17) is 5.26 Å². The summed E-state index contributed by atoms with van der Waals surface area (Å²) in [5.41, 5.74) is 1.27. The Morgan fingerprint density at radius 1 is 1.25 bits per heavy atom. The van der Waals surface area contributed by atoms with E-state index < -0.39 is 10.0 Å². The van der Waals surface area contributed by atoms with Gasteiger partial charge in [0, 0.05) is 18.0 Å². The quantitative estimate of drug-likeness (QED) is 0.855. The Labute approximate surface area is 121 Å². The predicted molar refractivity (Wildman–Crippen MR) is 76.8 cm³/mol. The van der Waals surface area contributed by atoms with Crippen LogP contribution in [0.3, 0.4) is 0 Å². The molecular weight excluding hydrogens is 292 g/mol. The van der Waals surface area contributed by atoms with Crippen LogP contribution in [-0.4, -0.2) is 19.3 Å². The van der Waals surface area contributed by atoms with Gasteiger partial charge in [-0.3, -0.25) is 0 Å². The van der Waals surface area contributed by atoms with Crippen LogP contribution in [0.2, 0.25) is 0 Å². The van der Waals surface area contributed by atoms with Gasteiger partial charge in [0.15, 0.2) is 0 Å². The van der Waals surface area contributed by atoms with Crippen LogP contribution in [0.15, 0.2) is 40.6 Å². The second kappa shape index (κ2) is 5.02. The number of thiophene rings is 1. The zero-order chi connectivity index (χ0) is 14.2. The van der Waals surface area contributed by atoms with E-state index in [1.807, 2.05) is 17.5 Å². The van der Waals surface area contributed by atoms with Crippen molar-refractivity contribution in [1.82, 2.24) is 4.31 Å². The van der Waals surface area contributed by atoms with Crippen molar-refractivity contribution in [3.63, 3.8) is 0 Å². The van der Waals surface area contributed by atoms with E-state index in [-0.39, 0.29) is 10.5 Å². The highest BCUT2D eigenvalue weighted by Gasteiger charge is 2.30. The number of benzene rings is 1. The van der Waals surface area contributed by atoms with Gasteiger partial charge in [0.05, 0.1) is 10.5 Å². The van der Waals surface area contributed by atoms with Gasteiger partial charge in [-0.05, 0) is 35.6 Å². The van der Waals surface area contributed by atoms with E-state index in [2.05, 4.69) is 0 Å². The first-order valence-corrected chi connectivity index (χ1v) is 8.49. The Hall–Kier alpha value is -1.68. The highest BCUT2D eigenvalue weighted by Crippen LogP contribution is 2.29. The minimum absolute atomic E-state index is 0.0983. The van der Waals surface area contributed by atoms with Gasteiger partial charge in [0.1, 0.15) is 6.07 Å². The summed E-state index contributed by atoms with van der Waals surface area (Å²) in [5, 5.41) is 11.1. The van der Waals surface area contributed by atoms with Crippen molar-refractivity contribution in [2.75, 3.05) is 6.54 Å². The molecule has 6 heteroatoms. The maximum atomic E-state index is 12.7. The van der Waals surface area contributed by atoms with E-state index in [9.17, 15) is 8.42 Å². The lowest BCUT2D eigenvalue weighted by atomic mass is 10.1. The third-order valence-corrected chi connectivity index (χ3v) is 6.32. The lowest BCUT2D eigenvalue weighted by molar-refractivity contribution is 0.394. The molecule has 1 aromatic carbocycles. The second-order valence-electron chi connectivity index (χ2n) is 4.57. The molecule has 0 N–H and O–H groups in total. The van der Waals surface area contributed by atoms with Crippen LogP contribution in [0.4, 0.5) is 0 Å². The van der Waals surface area contributed by atoms with Crippen LogP contribution in [0.5, 0.6) is 0 Å². The van der Waals surface area contributed by atoms with E-state index in [0.717, 1.165) is 12.0 Å². The molecule has 0 fully saturated rings. The average molecular weight is 304 g/mol. The highest BCUT2D eigenvalue weighted by molar-refractivity contribution is 7.89. The largest absolute Gasteiger partial charge is 0.244 e. The third kappa shape index (κ3) is 2.14. The van der Waals surface area contributed by atoms with Crippen molar-refractivity contribution in [2.24, 2.45) is 0 Å². The second-order valence-corrected chi connectivity index (χ2v) is 7.47. The zero-order valence-corrected chi connectivity index (χ0v) is 12.2. The van der Waals surface area contributed by atoms with Crippen molar-refractivity contribution in [1.29, 1.82) is 5.26 Å². The van der Waals surface area contributed by atoms with Crippen molar-refractivity contribution in [3.05, 3.63) is 51.7 Å². The summed E-state index contributed by atoms with van der Waals surface area (Å²) in [4.78, 5) is 1.35. The summed E-state index contributed by atoms with van der Waals surface area (Å²) in [7, 11) is -3.61. The Morgan fingerprint density at radius 2 is 2.05 bits per heavy atom. The number of nitriles is 1. The van der Waals surface area contributed by atoms with E-state index in [0.29, 0.717) is 13.1 Å². The molecule has 1 aliphatic heterocycles. The van der Waals surface area contributed by atoms with Gasteiger partial charge in [-0.2, -0.15) is 9.57 Å². The first kappa shape index (κ1) is 13.3. The summed E-state index contributed by atoms with van der Waals surface area (Å²) in [6, 6.07) is 10.3. The number of nitrogens with zero attached hydrogens (tertiary/aromatic N) is 2. The normalized spacial score (nSPS) is 15.6. The molecule has 1 aliphatic rings. The fourth-order valence-electron chi connectivity index (χ4n) is 2.35. The maximum Gasteiger partial charge on any atom is 0.244 e. The van der Waals surface area contributed by atoms with E-state index in [1.54, 1.807) is 23.5 Å². The van der Waals surface area contributed by atoms with Crippen LogP contribution >= 0.6 is 11.3 Å². The van der Waals surface area contributed by atoms with E-state index in [1.165, 1.54) is 21.3 Å². The molecule has 0 bridgehead atoms. The molecule has 0 saturated heterocycles. The molecule has 102 valence electrons. The van der Waals surface area contributed by atoms with Crippen molar-refractivity contribution < 1.29 is 8.42 Å². The van der Waals surface area contributed by atoms with Gasteiger partial charge < -0.3 is 0 Å². The van der Waals surface area contributed by atoms with Gasteiger partial charge in [0.25, 0.3) is 0 Å². The topological polar surface area (TPSA) is 61.2 Å². The molecule has 20 heavy (non-hydrogen) atoms. The fourth-order valence-corrected chi connectivity index (χ4v) is 4.80. The Kier molecular flexibility index (Phi) is 3.34. The van der Waals surface area contributed by atoms with Crippen LogP contribution in [0, 0.1) is 11.3 Å².